The quantitative estimate of drug-likeness (QED) is 0.799. The van der Waals surface area contributed by atoms with Crippen LogP contribution in [0.15, 0.2) is 30.5 Å². The summed E-state index contributed by atoms with van der Waals surface area (Å²) in [6.07, 6.45) is 3.09. The van der Waals surface area contributed by atoms with E-state index in [1.54, 1.807) is 0 Å². The molecule has 1 fully saturated rings. The minimum absolute atomic E-state index is 0.00135. The zero-order valence-electron chi connectivity index (χ0n) is 15.0. The highest BCUT2D eigenvalue weighted by molar-refractivity contribution is 5.88. The Labute approximate surface area is 148 Å². The van der Waals surface area contributed by atoms with E-state index in [0.717, 1.165) is 29.4 Å². The van der Waals surface area contributed by atoms with Gasteiger partial charge in [-0.15, -0.1) is 0 Å². The van der Waals surface area contributed by atoms with Crippen LogP contribution in [0.3, 0.4) is 0 Å². The fourth-order valence-electron chi connectivity index (χ4n) is 3.15. The van der Waals surface area contributed by atoms with E-state index in [2.05, 4.69) is 15.2 Å². The molecule has 25 heavy (non-hydrogen) atoms. The molecule has 6 nitrogen and oxygen atoms in total. The number of nitrogens with zero attached hydrogens (tertiary/aromatic N) is 1. The van der Waals surface area contributed by atoms with E-state index in [-0.39, 0.29) is 18.1 Å². The van der Waals surface area contributed by atoms with Gasteiger partial charge in [0.05, 0.1) is 31.8 Å². The van der Waals surface area contributed by atoms with Gasteiger partial charge < -0.3 is 24.7 Å². The van der Waals surface area contributed by atoms with E-state index in [4.69, 9.17) is 9.47 Å². The average Bonchev–Trinajstić information content (AvgIpc) is 2.99. The van der Waals surface area contributed by atoms with E-state index in [0.29, 0.717) is 26.2 Å². The van der Waals surface area contributed by atoms with E-state index in [9.17, 15) is 4.79 Å². The summed E-state index contributed by atoms with van der Waals surface area (Å²) in [6.45, 7) is 2.72. The summed E-state index contributed by atoms with van der Waals surface area (Å²) >= 11 is 0. The second-order valence-electron chi connectivity index (χ2n) is 6.79. The lowest BCUT2D eigenvalue weighted by Gasteiger charge is -2.32. The summed E-state index contributed by atoms with van der Waals surface area (Å²) in [4.78, 5) is 17.8. The van der Waals surface area contributed by atoms with Crippen LogP contribution in [-0.2, 0) is 20.7 Å². The molecule has 1 aromatic carbocycles. The second-order valence-corrected chi connectivity index (χ2v) is 6.79. The molecular formula is C19H27N3O3. The monoisotopic (exact) mass is 345 g/mol. The summed E-state index contributed by atoms with van der Waals surface area (Å²) in [5.41, 5.74) is 2.06. The lowest BCUT2D eigenvalue weighted by Crippen LogP contribution is -2.51. The van der Waals surface area contributed by atoms with Gasteiger partial charge in [0.2, 0.25) is 5.91 Å². The summed E-state index contributed by atoms with van der Waals surface area (Å²) in [5.74, 6) is 0.00135. The first-order valence-electron chi connectivity index (χ1n) is 8.82. The predicted octanol–water partition coefficient (Wildman–Crippen LogP) is 1.56. The van der Waals surface area contributed by atoms with Crippen LogP contribution < -0.4 is 5.32 Å². The Hall–Kier alpha value is -1.89. The molecule has 2 atom stereocenters. The molecule has 1 aliphatic heterocycles. The number of aromatic amines is 1. The highest BCUT2D eigenvalue weighted by atomic mass is 16.5. The van der Waals surface area contributed by atoms with Crippen molar-refractivity contribution in [3.8, 4) is 0 Å². The predicted molar refractivity (Wildman–Crippen MR) is 97.7 cm³/mol. The van der Waals surface area contributed by atoms with Gasteiger partial charge in [0.1, 0.15) is 0 Å². The molecule has 1 aromatic heterocycles. The second kappa shape index (κ2) is 8.47. The lowest BCUT2D eigenvalue weighted by atomic mass is 10.1. The number of carbonyl (C=O) groups excluding carboxylic acids is 1. The van der Waals surface area contributed by atoms with Crippen molar-refractivity contribution in [2.24, 2.45) is 0 Å². The van der Waals surface area contributed by atoms with Crippen LogP contribution >= 0.6 is 0 Å². The van der Waals surface area contributed by atoms with Gasteiger partial charge in [-0.05, 0) is 32.1 Å². The molecule has 0 aliphatic carbocycles. The Kier molecular flexibility index (Phi) is 6.07. The van der Waals surface area contributed by atoms with Crippen molar-refractivity contribution in [1.82, 2.24) is 15.2 Å². The first kappa shape index (κ1) is 17.9. The van der Waals surface area contributed by atoms with Gasteiger partial charge in [0, 0.05) is 30.3 Å². The van der Waals surface area contributed by atoms with Crippen molar-refractivity contribution < 1.29 is 14.3 Å². The molecule has 1 aliphatic rings. The Morgan fingerprint density at radius 3 is 3.08 bits per heavy atom. The van der Waals surface area contributed by atoms with Crippen LogP contribution in [-0.4, -0.2) is 68.4 Å². The van der Waals surface area contributed by atoms with E-state index in [1.807, 2.05) is 44.6 Å². The number of rotatable bonds is 7. The molecule has 6 heteroatoms. The van der Waals surface area contributed by atoms with Gasteiger partial charge in [-0.3, -0.25) is 4.79 Å². The number of hydrogen-bond donors (Lipinski definition) is 2. The van der Waals surface area contributed by atoms with Gasteiger partial charge in [0.15, 0.2) is 0 Å². The molecule has 3 rings (SSSR count). The molecule has 0 radical (unpaired) electrons. The minimum Gasteiger partial charge on any atom is -0.379 e. The third kappa shape index (κ3) is 4.81. The fourth-order valence-corrected chi connectivity index (χ4v) is 3.15. The number of ether oxygens (including phenoxy) is 2. The van der Waals surface area contributed by atoms with Crippen LogP contribution in [0.5, 0.6) is 0 Å². The fraction of sp³-hybridized carbons (Fsp3) is 0.526. The molecule has 136 valence electrons. The first-order valence-corrected chi connectivity index (χ1v) is 8.82. The molecule has 1 amide bonds. The highest BCUT2D eigenvalue weighted by Crippen LogP contribution is 2.18. The van der Waals surface area contributed by atoms with Crippen LogP contribution in [0.4, 0.5) is 0 Å². The zero-order chi connectivity index (χ0) is 17.6. The smallest absolute Gasteiger partial charge is 0.224 e. The maximum atomic E-state index is 12.5. The van der Waals surface area contributed by atoms with Crippen LogP contribution in [0.2, 0.25) is 0 Å². The maximum absolute atomic E-state index is 12.5. The normalized spacial score (nSPS) is 20.9. The van der Waals surface area contributed by atoms with Crippen molar-refractivity contribution in [2.75, 3.05) is 40.5 Å². The Morgan fingerprint density at radius 1 is 1.40 bits per heavy atom. The number of nitrogens with one attached hydrogen (secondary N) is 2. The van der Waals surface area contributed by atoms with Gasteiger partial charge in [-0.25, -0.2) is 0 Å². The summed E-state index contributed by atoms with van der Waals surface area (Å²) in [6, 6.07) is 7.93. The number of likely N-dealkylation sites (N-methyl/N-ethyl adjacent to an activating group) is 1. The summed E-state index contributed by atoms with van der Waals surface area (Å²) < 4.78 is 11.5. The average molecular weight is 345 g/mol. The van der Waals surface area contributed by atoms with E-state index in [1.165, 1.54) is 0 Å². The van der Waals surface area contributed by atoms with Crippen molar-refractivity contribution in [2.45, 2.75) is 25.0 Å². The van der Waals surface area contributed by atoms with Gasteiger partial charge in [-0.2, -0.15) is 0 Å². The maximum Gasteiger partial charge on any atom is 0.224 e. The molecule has 0 spiro atoms. The largest absolute Gasteiger partial charge is 0.379 e. The molecular weight excluding hydrogens is 318 g/mol. The SMILES string of the molecule is CN(C)CCO[C@@H]1CCOC[C@@H]1NC(=O)Cc1c[nH]c2ccccc12. The summed E-state index contributed by atoms with van der Waals surface area (Å²) in [7, 11) is 4.04. The number of aromatic nitrogens is 1. The molecule has 2 aromatic rings. The zero-order valence-corrected chi connectivity index (χ0v) is 15.0. The molecule has 2 heterocycles. The number of hydrogen-bond acceptors (Lipinski definition) is 4. The summed E-state index contributed by atoms with van der Waals surface area (Å²) in [5, 5.41) is 4.19. The van der Waals surface area contributed by atoms with E-state index < -0.39 is 0 Å². The number of H-pyrrole nitrogens is 1. The standard InChI is InChI=1S/C19H27N3O3/c1-22(2)8-10-25-18-7-9-24-13-17(18)21-19(23)11-14-12-20-16-6-4-3-5-15(14)16/h3-6,12,17-18,20H,7-11,13H2,1-2H3,(H,21,23)/t17-,18+/m0/s1. The van der Waals surface area contributed by atoms with Gasteiger partial charge >= 0.3 is 0 Å². The third-order valence-corrected chi connectivity index (χ3v) is 4.54. The lowest BCUT2D eigenvalue weighted by molar-refractivity contribution is -0.125. The Morgan fingerprint density at radius 2 is 2.24 bits per heavy atom. The number of benzene rings is 1. The topological polar surface area (TPSA) is 66.6 Å². The number of fused-ring (bicyclic) bond motifs is 1. The number of carbonyl (C=O) groups is 1. The van der Waals surface area contributed by atoms with Crippen LogP contribution in [0, 0.1) is 0 Å². The number of amides is 1. The van der Waals surface area contributed by atoms with E-state index >= 15 is 0 Å². The van der Waals surface area contributed by atoms with Crippen LogP contribution in [0.25, 0.3) is 10.9 Å². The molecule has 1 saturated heterocycles. The van der Waals surface area contributed by atoms with Crippen molar-refractivity contribution in [3.05, 3.63) is 36.0 Å². The minimum atomic E-state index is -0.0892. The molecule has 0 unspecified atom stereocenters. The first-order chi connectivity index (χ1) is 12.1. The Bertz CT molecular complexity index is 698. The van der Waals surface area contributed by atoms with Crippen LogP contribution in [0.1, 0.15) is 12.0 Å². The van der Waals surface area contributed by atoms with Crippen molar-refractivity contribution in [1.29, 1.82) is 0 Å². The van der Waals surface area contributed by atoms with Gasteiger partial charge in [-0.1, -0.05) is 18.2 Å². The molecule has 2 N–H and O–H groups in total. The number of para-hydroxylation sites is 1. The molecule has 0 saturated carbocycles. The highest BCUT2D eigenvalue weighted by Gasteiger charge is 2.28. The molecule has 0 bridgehead atoms. The van der Waals surface area contributed by atoms with Crippen molar-refractivity contribution >= 4 is 16.8 Å². The third-order valence-electron chi connectivity index (χ3n) is 4.54. The Balaban J connectivity index is 1.56. The van der Waals surface area contributed by atoms with Crippen molar-refractivity contribution in [3.63, 3.8) is 0 Å². The van der Waals surface area contributed by atoms with Gasteiger partial charge in [0.25, 0.3) is 0 Å².